The normalized spacial score (nSPS) is 12.6. The van der Waals surface area contributed by atoms with Crippen molar-refractivity contribution in [3.63, 3.8) is 0 Å². The number of nitrogens with one attached hydrogen (secondary N) is 1. The molecule has 3 nitrogen and oxygen atoms in total. The van der Waals surface area contributed by atoms with Crippen LogP contribution in [-0.4, -0.2) is 30.7 Å². The zero-order chi connectivity index (χ0) is 15.2. The van der Waals surface area contributed by atoms with Gasteiger partial charge in [0.15, 0.2) is 0 Å². The van der Waals surface area contributed by atoms with E-state index in [2.05, 4.69) is 19.2 Å². The van der Waals surface area contributed by atoms with E-state index in [4.69, 9.17) is 4.42 Å². The highest BCUT2D eigenvalue weighted by Gasteiger charge is 2.30. The van der Waals surface area contributed by atoms with Crippen LogP contribution in [0.3, 0.4) is 0 Å². The molecular formula is C14H23F3N2O. The van der Waals surface area contributed by atoms with Gasteiger partial charge in [-0.3, -0.25) is 4.90 Å². The van der Waals surface area contributed by atoms with E-state index in [1.165, 1.54) is 11.2 Å². The number of rotatable bonds is 8. The van der Waals surface area contributed by atoms with E-state index >= 15 is 0 Å². The van der Waals surface area contributed by atoms with Crippen LogP contribution in [0.4, 0.5) is 13.2 Å². The first-order chi connectivity index (χ1) is 9.31. The van der Waals surface area contributed by atoms with E-state index in [-0.39, 0.29) is 6.54 Å². The molecule has 0 saturated carbocycles. The molecule has 20 heavy (non-hydrogen) atoms. The second kappa shape index (κ2) is 7.69. The van der Waals surface area contributed by atoms with Gasteiger partial charge in [0, 0.05) is 12.1 Å². The second-order valence-electron chi connectivity index (χ2n) is 5.31. The van der Waals surface area contributed by atoms with Crippen LogP contribution in [0.5, 0.6) is 0 Å². The zero-order valence-electron chi connectivity index (χ0n) is 12.3. The average molecular weight is 292 g/mol. The first-order valence-corrected chi connectivity index (χ1v) is 6.87. The molecule has 0 saturated heterocycles. The molecule has 116 valence electrons. The van der Waals surface area contributed by atoms with E-state index < -0.39 is 12.7 Å². The molecule has 1 heterocycles. The molecule has 0 amide bonds. The van der Waals surface area contributed by atoms with Gasteiger partial charge < -0.3 is 9.73 Å². The highest BCUT2D eigenvalue weighted by molar-refractivity contribution is 5.16. The van der Waals surface area contributed by atoms with Crippen molar-refractivity contribution >= 4 is 0 Å². The summed E-state index contributed by atoms with van der Waals surface area (Å²) in [5.74, 6) is 1.23. The van der Waals surface area contributed by atoms with E-state index in [0.29, 0.717) is 24.8 Å². The van der Waals surface area contributed by atoms with Crippen molar-refractivity contribution in [2.75, 3.05) is 19.6 Å². The minimum absolute atomic E-state index is 0.255. The van der Waals surface area contributed by atoms with Crippen LogP contribution >= 0.6 is 0 Å². The fourth-order valence-electron chi connectivity index (χ4n) is 1.91. The Bertz CT molecular complexity index is 388. The molecule has 1 aromatic rings. The number of halogens is 3. The molecule has 0 aliphatic carbocycles. The van der Waals surface area contributed by atoms with Crippen LogP contribution in [0, 0.1) is 5.92 Å². The maximum atomic E-state index is 12.4. The van der Waals surface area contributed by atoms with Gasteiger partial charge in [-0.05, 0) is 25.1 Å². The van der Waals surface area contributed by atoms with Crippen LogP contribution in [0.1, 0.15) is 32.1 Å². The van der Waals surface area contributed by atoms with Gasteiger partial charge in [-0.25, -0.2) is 0 Å². The van der Waals surface area contributed by atoms with E-state index in [1.54, 1.807) is 13.0 Å². The third kappa shape index (κ3) is 6.43. The maximum Gasteiger partial charge on any atom is 0.401 e. The van der Waals surface area contributed by atoms with Crippen LogP contribution in [0.25, 0.3) is 0 Å². The molecule has 0 atom stereocenters. The molecule has 0 aromatic carbocycles. The summed E-state index contributed by atoms with van der Waals surface area (Å²) in [5.41, 5.74) is 0.812. The van der Waals surface area contributed by atoms with Gasteiger partial charge >= 0.3 is 6.18 Å². The highest BCUT2D eigenvalue weighted by Crippen LogP contribution is 2.19. The van der Waals surface area contributed by atoms with Crippen molar-refractivity contribution in [3.8, 4) is 0 Å². The second-order valence-corrected chi connectivity index (χ2v) is 5.31. The summed E-state index contributed by atoms with van der Waals surface area (Å²) >= 11 is 0. The monoisotopic (exact) mass is 292 g/mol. The van der Waals surface area contributed by atoms with Crippen molar-refractivity contribution in [1.82, 2.24) is 10.2 Å². The smallest absolute Gasteiger partial charge is 0.401 e. The predicted octanol–water partition coefficient (Wildman–Crippen LogP) is 3.41. The van der Waals surface area contributed by atoms with Crippen molar-refractivity contribution in [1.29, 1.82) is 0 Å². The molecule has 6 heteroatoms. The lowest BCUT2D eigenvalue weighted by Gasteiger charge is -2.21. The Kier molecular flexibility index (Phi) is 6.55. The molecule has 0 aliphatic heterocycles. The van der Waals surface area contributed by atoms with Gasteiger partial charge in [-0.1, -0.05) is 20.8 Å². The topological polar surface area (TPSA) is 28.4 Å². The summed E-state index contributed by atoms with van der Waals surface area (Å²) < 4.78 is 42.7. The molecule has 0 radical (unpaired) electrons. The van der Waals surface area contributed by atoms with Crippen molar-refractivity contribution in [3.05, 3.63) is 23.7 Å². The molecule has 0 spiro atoms. The van der Waals surface area contributed by atoms with Crippen LogP contribution in [-0.2, 0) is 13.1 Å². The molecule has 1 aromatic heterocycles. The first kappa shape index (κ1) is 17.0. The number of furan rings is 1. The largest absolute Gasteiger partial charge is 0.468 e. The predicted molar refractivity (Wildman–Crippen MR) is 72.3 cm³/mol. The fraction of sp³-hybridized carbons (Fsp3) is 0.714. The molecule has 0 aliphatic rings. The zero-order valence-corrected chi connectivity index (χ0v) is 12.3. The Morgan fingerprint density at radius 2 is 2.05 bits per heavy atom. The molecule has 0 bridgehead atoms. The number of alkyl halides is 3. The maximum absolute atomic E-state index is 12.4. The van der Waals surface area contributed by atoms with Crippen molar-refractivity contribution in [2.24, 2.45) is 5.92 Å². The summed E-state index contributed by atoms with van der Waals surface area (Å²) in [4.78, 5) is 1.36. The average Bonchev–Trinajstić information content (AvgIpc) is 2.73. The minimum Gasteiger partial charge on any atom is -0.468 e. The molecule has 1 N–H and O–H groups in total. The number of hydrogen-bond donors (Lipinski definition) is 1. The van der Waals surface area contributed by atoms with E-state index in [9.17, 15) is 13.2 Å². The van der Waals surface area contributed by atoms with Crippen molar-refractivity contribution in [2.45, 2.75) is 40.0 Å². The summed E-state index contributed by atoms with van der Waals surface area (Å²) in [6.07, 6.45) is -2.64. The Hall–Kier alpha value is -1.01. The third-order valence-corrected chi connectivity index (χ3v) is 2.92. The molecular weight excluding hydrogens is 269 g/mol. The first-order valence-electron chi connectivity index (χ1n) is 6.87. The van der Waals surface area contributed by atoms with Gasteiger partial charge in [0.2, 0.25) is 0 Å². The Labute approximate surface area is 118 Å². The van der Waals surface area contributed by atoms with Gasteiger partial charge in [-0.2, -0.15) is 13.2 Å². The van der Waals surface area contributed by atoms with Gasteiger partial charge in [0.1, 0.15) is 5.76 Å². The quantitative estimate of drug-likeness (QED) is 0.796. The van der Waals surface area contributed by atoms with E-state index in [1.807, 2.05) is 0 Å². The lowest BCUT2D eigenvalue weighted by Crippen LogP contribution is -2.33. The molecule has 0 unspecified atom stereocenters. The van der Waals surface area contributed by atoms with Crippen LogP contribution in [0.15, 0.2) is 16.7 Å². The van der Waals surface area contributed by atoms with E-state index in [0.717, 1.165) is 12.1 Å². The van der Waals surface area contributed by atoms with Gasteiger partial charge in [0.25, 0.3) is 0 Å². The summed E-state index contributed by atoms with van der Waals surface area (Å²) in [7, 11) is 0. The fourth-order valence-corrected chi connectivity index (χ4v) is 1.91. The number of nitrogens with zero attached hydrogens (tertiary/aromatic N) is 1. The highest BCUT2D eigenvalue weighted by atomic mass is 19.4. The Morgan fingerprint density at radius 3 is 2.60 bits per heavy atom. The van der Waals surface area contributed by atoms with Crippen LogP contribution < -0.4 is 5.32 Å². The standard InChI is InChI=1S/C14H23F3N2O/c1-4-19(10-14(15,16)17)9-12-5-6-20-13(12)8-18-7-11(2)3/h5-6,11,18H,4,7-10H2,1-3H3. The van der Waals surface area contributed by atoms with Gasteiger partial charge in [-0.15, -0.1) is 0 Å². The summed E-state index contributed by atoms with van der Waals surface area (Å²) in [6, 6.07) is 1.74. The third-order valence-electron chi connectivity index (χ3n) is 2.92. The van der Waals surface area contributed by atoms with Crippen LogP contribution in [0.2, 0.25) is 0 Å². The van der Waals surface area contributed by atoms with Crippen molar-refractivity contribution < 1.29 is 17.6 Å². The summed E-state index contributed by atoms with van der Waals surface area (Å²) in [6.45, 7) is 7.02. The summed E-state index contributed by atoms with van der Waals surface area (Å²) in [5, 5.41) is 3.23. The Morgan fingerprint density at radius 1 is 1.35 bits per heavy atom. The van der Waals surface area contributed by atoms with Gasteiger partial charge in [0.05, 0.1) is 19.4 Å². The minimum atomic E-state index is -4.17. The lowest BCUT2D eigenvalue weighted by molar-refractivity contribution is -0.146. The SMILES string of the molecule is CCN(Cc1ccoc1CNCC(C)C)CC(F)(F)F. The lowest BCUT2D eigenvalue weighted by atomic mass is 10.2. The Balaban J connectivity index is 2.56. The molecule has 1 rings (SSSR count). The molecule has 0 fully saturated rings. The number of hydrogen-bond acceptors (Lipinski definition) is 3.